The molecule has 0 aliphatic rings. The number of aromatic nitrogens is 1. The normalized spacial score (nSPS) is 10.7. The number of amides is 1. The Morgan fingerprint density at radius 2 is 2.12 bits per heavy atom. The van der Waals surface area contributed by atoms with Crippen molar-refractivity contribution in [3.8, 4) is 0 Å². The number of carbonyl (C=O) groups excluding carboxylic acids is 1. The highest BCUT2D eigenvalue weighted by molar-refractivity contribution is 5.79. The molecular weight excluding hydrogens is 220 g/mol. The van der Waals surface area contributed by atoms with Crippen molar-refractivity contribution < 1.29 is 9.21 Å². The van der Waals surface area contributed by atoms with Gasteiger partial charge in [-0.1, -0.05) is 12.1 Å². The van der Waals surface area contributed by atoms with Gasteiger partial charge in [-0.3, -0.25) is 9.36 Å². The average molecular weight is 234 g/mol. The maximum absolute atomic E-state index is 11.8. The number of hydrogen-bond acceptors (Lipinski definition) is 3. The lowest BCUT2D eigenvalue weighted by molar-refractivity contribution is -0.130. The van der Waals surface area contributed by atoms with Crippen LogP contribution in [0, 0.1) is 0 Å². The molecule has 0 radical (unpaired) electrons. The first-order valence-corrected chi connectivity index (χ1v) is 5.45. The second-order valence-corrected chi connectivity index (χ2v) is 3.83. The van der Waals surface area contributed by atoms with E-state index >= 15 is 0 Å². The Bertz CT molecular complexity index is 597. The van der Waals surface area contributed by atoms with Gasteiger partial charge in [0.2, 0.25) is 5.91 Å². The molecule has 1 aromatic heterocycles. The first kappa shape index (κ1) is 11.4. The minimum Gasteiger partial charge on any atom is -0.408 e. The van der Waals surface area contributed by atoms with Gasteiger partial charge in [0.15, 0.2) is 5.58 Å². The summed E-state index contributed by atoms with van der Waals surface area (Å²) >= 11 is 0. The van der Waals surface area contributed by atoms with Crippen molar-refractivity contribution in [1.29, 1.82) is 0 Å². The molecule has 1 heterocycles. The van der Waals surface area contributed by atoms with E-state index in [0.29, 0.717) is 17.6 Å². The van der Waals surface area contributed by atoms with Gasteiger partial charge >= 0.3 is 5.76 Å². The molecule has 5 heteroatoms. The van der Waals surface area contributed by atoms with Gasteiger partial charge in [0, 0.05) is 13.6 Å². The van der Waals surface area contributed by atoms with E-state index in [4.69, 9.17) is 4.42 Å². The summed E-state index contributed by atoms with van der Waals surface area (Å²) in [5, 5.41) is 0. The molecule has 0 aliphatic carbocycles. The molecule has 0 N–H and O–H groups in total. The number of likely N-dealkylation sites (N-methyl/N-ethyl adjacent to an activating group) is 1. The molecule has 0 spiro atoms. The van der Waals surface area contributed by atoms with Crippen LogP contribution in [0.15, 0.2) is 33.5 Å². The van der Waals surface area contributed by atoms with Crippen LogP contribution in [0.1, 0.15) is 6.92 Å². The largest absolute Gasteiger partial charge is 0.420 e. The standard InChI is InChI=1S/C12H14N2O3/c1-3-13(2)11(15)8-14-9-6-4-5-7-10(9)17-12(14)16/h4-7H,3,8H2,1-2H3. The monoisotopic (exact) mass is 234 g/mol. The number of carbonyl (C=O) groups is 1. The lowest BCUT2D eigenvalue weighted by Crippen LogP contribution is -2.32. The first-order chi connectivity index (χ1) is 8.13. The third kappa shape index (κ3) is 2.08. The average Bonchev–Trinajstić information content (AvgIpc) is 2.65. The van der Waals surface area contributed by atoms with Crippen LogP contribution in [0.2, 0.25) is 0 Å². The Balaban J connectivity index is 2.39. The summed E-state index contributed by atoms with van der Waals surface area (Å²) in [6, 6.07) is 7.07. The fourth-order valence-electron chi connectivity index (χ4n) is 1.60. The number of fused-ring (bicyclic) bond motifs is 1. The molecule has 0 aliphatic heterocycles. The van der Waals surface area contributed by atoms with Crippen LogP contribution in [-0.2, 0) is 11.3 Å². The smallest absolute Gasteiger partial charge is 0.408 e. The van der Waals surface area contributed by atoms with Gasteiger partial charge in [-0.15, -0.1) is 0 Å². The summed E-state index contributed by atoms with van der Waals surface area (Å²) < 4.78 is 6.40. The van der Waals surface area contributed by atoms with E-state index < -0.39 is 5.76 Å². The molecule has 2 aromatic rings. The third-order valence-corrected chi connectivity index (χ3v) is 2.77. The molecule has 1 amide bonds. The van der Waals surface area contributed by atoms with E-state index in [9.17, 15) is 9.59 Å². The number of oxazole rings is 1. The van der Waals surface area contributed by atoms with Gasteiger partial charge < -0.3 is 9.32 Å². The van der Waals surface area contributed by atoms with E-state index in [1.165, 1.54) is 4.57 Å². The molecule has 0 bridgehead atoms. The molecule has 17 heavy (non-hydrogen) atoms. The second kappa shape index (κ2) is 4.45. The predicted octanol–water partition coefficient (Wildman–Crippen LogP) is 1.07. The molecule has 0 saturated carbocycles. The maximum atomic E-state index is 11.8. The maximum Gasteiger partial charge on any atom is 0.420 e. The number of benzene rings is 1. The fraction of sp³-hybridized carbons (Fsp3) is 0.333. The van der Waals surface area contributed by atoms with Crippen molar-refractivity contribution in [3.05, 3.63) is 34.8 Å². The lowest BCUT2D eigenvalue weighted by Gasteiger charge is -2.14. The van der Waals surface area contributed by atoms with Crippen LogP contribution < -0.4 is 5.76 Å². The molecule has 0 saturated heterocycles. The van der Waals surface area contributed by atoms with Crippen LogP contribution in [-0.4, -0.2) is 29.0 Å². The van der Waals surface area contributed by atoms with Crippen LogP contribution in [0.4, 0.5) is 0 Å². The van der Waals surface area contributed by atoms with E-state index in [1.807, 2.05) is 13.0 Å². The molecule has 2 rings (SSSR count). The summed E-state index contributed by atoms with van der Waals surface area (Å²) in [5.41, 5.74) is 1.15. The first-order valence-electron chi connectivity index (χ1n) is 5.45. The van der Waals surface area contributed by atoms with Crippen molar-refractivity contribution >= 4 is 17.0 Å². The van der Waals surface area contributed by atoms with Gasteiger partial charge in [-0.25, -0.2) is 4.79 Å². The van der Waals surface area contributed by atoms with E-state index in [0.717, 1.165) is 0 Å². The van der Waals surface area contributed by atoms with Crippen LogP contribution in [0.5, 0.6) is 0 Å². The summed E-state index contributed by atoms with van der Waals surface area (Å²) in [6.07, 6.45) is 0. The number of hydrogen-bond donors (Lipinski definition) is 0. The van der Waals surface area contributed by atoms with Gasteiger partial charge in [0.05, 0.1) is 5.52 Å². The lowest BCUT2D eigenvalue weighted by atomic mass is 10.3. The zero-order chi connectivity index (χ0) is 12.4. The molecule has 0 fully saturated rings. The highest BCUT2D eigenvalue weighted by atomic mass is 16.4. The van der Waals surface area contributed by atoms with Crippen molar-refractivity contribution in [2.45, 2.75) is 13.5 Å². The highest BCUT2D eigenvalue weighted by Crippen LogP contribution is 2.11. The molecule has 5 nitrogen and oxygen atoms in total. The number of para-hydroxylation sites is 2. The molecule has 0 unspecified atom stereocenters. The number of nitrogens with zero attached hydrogens (tertiary/aromatic N) is 2. The fourth-order valence-corrected chi connectivity index (χ4v) is 1.60. The van der Waals surface area contributed by atoms with Gasteiger partial charge in [-0.2, -0.15) is 0 Å². The minimum absolute atomic E-state index is 0.0141. The van der Waals surface area contributed by atoms with Crippen LogP contribution in [0.25, 0.3) is 11.1 Å². The highest BCUT2D eigenvalue weighted by Gasteiger charge is 2.13. The molecule has 0 atom stereocenters. The van der Waals surface area contributed by atoms with E-state index in [1.54, 1.807) is 30.1 Å². The molecular formula is C12H14N2O3. The summed E-state index contributed by atoms with van der Waals surface area (Å²) in [6.45, 7) is 2.51. The Morgan fingerprint density at radius 3 is 2.82 bits per heavy atom. The zero-order valence-corrected chi connectivity index (χ0v) is 9.84. The van der Waals surface area contributed by atoms with Gasteiger partial charge in [0.25, 0.3) is 0 Å². The van der Waals surface area contributed by atoms with E-state index in [-0.39, 0.29) is 12.5 Å². The van der Waals surface area contributed by atoms with Crippen molar-refractivity contribution in [2.24, 2.45) is 0 Å². The summed E-state index contributed by atoms with van der Waals surface area (Å²) in [7, 11) is 1.70. The SMILES string of the molecule is CCN(C)C(=O)Cn1c(=O)oc2ccccc21. The van der Waals surface area contributed by atoms with Crippen LogP contribution in [0.3, 0.4) is 0 Å². The summed E-state index contributed by atoms with van der Waals surface area (Å²) in [5.74, 6) is -0.606. The quantitative estimate of drug-likeness (QED) is 0.798. The van der Waals surface area contributed by atoms with E-state index in [2.05, 4.69) is 0 Å². The van der Waals surface area contributed by atoms with Crippen molar-refractivity contribution in [3.63, 3.8) is 0 Å². The van der Waals surface area contributed by atoms with Gasteiger partial charge in [-0.05, 0) is 19.1 Å². The van der Waals surface area contributed by atoms with Gasteiger partial charge in [0.1, 0.15) is 6.54 Å². The predicted molar refractivity (Wildman–Crippen MR) is 63.8 cm³/mol. The third-order valence-electron chi connectivity index (χ3n) is 2.77. The topological polar surface area (TPSA) is 55.5 Å². The molecule has 1 aromatic carbocycles. The Morgan fingerprint density at radius 1 is 1.41 bits per heavy atom. The molecule has 90 valence electrons. The van der Waals surface area contributed by atoms with Crippen molar-refractivity contribution in [1.82, 2.24) is 9.47 Å². The Hall–Kier alpha value is -2.04. The minimum atomic E-state index is -0.496. The summed E-state index contributed by atoms with van der Waals surface area (Å²) in [4.78, 5) is 24.9. The van der Waals surface area contributed by atoms with Crippen LogP contribution >= 0.6 is 0 Å². The Kier molecular flexibility index (Phi) is 2.99. The number of rotatable bonds is 3. The Labute approximate surface area is 98.2 Å². The second-order valence-electron chi connectivity index (χ2n) is 3.83. The zero-order valence-electron chi connectivity index (χ0n) is 9.84. The van der Waals surface area contributed by atoms with Crippen molar-refractivity contribution in [2.75, 3.05) is 13.6 Å².